The van der Waals surface area contributed by atoms with Gasteiger partial charge in [-0.1, -0.05) is 35.9 Å². The highest BCUT2D eigenvalue weighted by Crippen LogP contribution is 2.23. The predicted molar refractivity (Wildman–Crippen MR) is 58.2 cm³/mol. The molecule has 2 aromatic rings. The fraction of sp³-hybridized carbons (Fsp3) is 0.231. The van der Waals surface area contributed by atoms with Crippen LogP contribution in [0.2, 0.25) is 0 Å². The first kappa shape index (κ1) is 8.31. The number of rotatable bonds is 0. The standard InChI is InChI=1S/C13H14/c1-9-7-11(3)13-10(2)5-4-6-12(13)8-9/h4-8H,1-3H3. The van der Waals surface area contributed by atoms with Gasteiger partial charge in [0.2, 0.25) is 0 Å². The van der Waals surface area contributed by atoms with E-state index in [-0.39, 0.29) is 0 Å². The zero-order valence-electron chi connectivity index (χ0n) is 8.39. The van der Waals surface area contributed by atoms with E-state index in [1.54, 1.807) is 0 Å². The van der Waals surface area contributed by atoms with Crippen molar-refractivity contribution in [1.29, 1.82) is 0 Å². The Morgan fingerprint density at radius 2 is 1.62 bits per heavy atom. The van der Waals surface area contributed by atoms with Crippen LogP contribution in [-0.2, 0) is 0 Å². The molecule has 0 heteroatoms. The summed E-state index contributed by atoms with van der Waals surface area (Å²) < 4.78 is 0. The number of benzene rings is 2. The van der Waals surface area contributed by atoms with E-state index in [1.165, 1.54) is 27.5 Å². The molecule has 2 aromatic carbocycles. The summed E-state index contributed by atoms with van der Waals surface area (Å²) in [6.07, 6.45) is 0. The SMILES string of the molecule is Cc1cc(C)c2c(C)cccc2c1. The van der Waals surface area contributed by atoms with Gasteiger partial charge >= 0.3 is 0 Å². The van der Waals surface area contributed by atoms with E-state index >= 15 is 0 Å². The first-order chi connectivity index (χ1) is 6.18. The van der Waals surface area contributed by atoms with Gasteiger partial charge in [-0.3, -0.25) is 0 Å². The molecule has 0 amide bonds. The van der Waals surface area contributed by atoms with Crippen molar-refractivity contribution in [3.8, 4) is 0 Å². The normalized spacial score (nSPS) is 10.7. The molecule has 0 saturated heterocycles. The van der Waals surface area contributed by atoms with E-state index < -0.39 is 0 Å². The summed E-state index contributed by atoms with van der Waals surface area (Å²) in [7, 11) is 0. The van der Waals surface area contributed by atoms with Crippen LogP contribution in [-0.4, -0.2) is 0 Å². The summed E-state index contributed by atoms with van der Waals surface area (Å²) in [6.45, 7) is 6.50. The third-order valence-electron chi connectivity index (χ3n) is 2.53. The molecule has 0 aliphatic carbocycles. The van der Waals surface area contributed by atoms with Gasteiger partial charge in [0.15, 0.2) is 0 Å². The van der Waals surface area contributed by atoms with Crippen LogP contribution in [0.4, 0.5) is 0 Å². The highest BCUT2D eigenvalue weighted by atomic mass is 14.0. The first-order valence-electron chi connectivity index (χ1n) is 4.65. The summed E-state index contributed by atoms with van der Waals surface area (Å²) >= 11 is 0. The minimum atomic E-state index is 1.34. The van der Waals surface area contributed by atoms with Gasteiger partial charge in [-0.15, -0.1) is 0 Å². The van der Waals surface area contributed by atoms with Gasteiger partial charge in [-0.2, -0.15) is 0 Å². The largest absolute Gasteiger partial charge is 0.0614 e. The highest BCUT2D eigenvalue weighted by molar-refractivity contribution is 5.89. The number of hydrogen-bond acceptors (Lipinski definition) is 0. The molecule has 0 heterocycles. The van der Waals surface area contributed by atoms with Crippen molar-refractivity contribution in [1.82, 2.24) is 0 Å². The fourth-order valence-corrected chi connectivity index (χ4v) is 2.05. The Morgan fingerprint density at radius 1 is 0.846 bits per heavy atom. The van der Waals surface area contributed by atoms with Crippen LogP contribution in [0, 0.1) is 20.8 Å². The molecular formula is C13H14. The quantitative estimate of drug-likeness (QED) is 0.564. The molecule has 0 aliphatic rings. The Labute approximate surface area is 79.2 Å². The zero-order chi connectivity index (χ0) is 9.42. The number of aryl methyl sites for hydroxylation is 3. The molecule has 0 N–H and O–H groups in total. The number of hydrogen-bond donors (Lipinski definition) is 0. The second kappa shape index (κ2) is 2.88. The second-order valence-corrected chi connectivity index (χ2v) is 3.75. The van der Waals surface area contributed by atoms with Crippen molar-refractivity contribution in [2.75, 3.05) is 0 Å². The van der Waals surface area contributed by atoms with Gasteiger partial charge in [0.25, 0.3) is 0 Å². The number of fused-ring (bicyclic) bond motifs is 1. The molecule has 0 unspecified atom stereocenters. The van der Waals surface area contributed by atoms with Crippen LogP contribution >= 0.6 is 0 Å². The average Bonchev–Trinajstić information content (AvgIpc) is 2.02. The maximum atomic E-state index is 2.25. The van der Waals surface area contributed by atoms with E-state index in [2.05, 4.69) is 51.1 Å². The van der Waals surface area contributed by atoms with Crippen molar-refractivity contribution >= 4 is 10.8 Å². The minimum Gasteiger partial charge on any atom is -0.0614 e. The summed E-state index contributed by atoms with van der Waals surface area (Å²) in [5.41, 5.74) is 4.10. The lowest BCUT2D eigenvalue weighted by Gasteiger charge is -2.06. The molecule has 66 valence electrons. The van der Waals surface area contributed by atoms with Gasteiger partial charge in [-0.25, -0.2) is 0 Å². The molecule has 0 fully saturated rings. The Hall–Kier alpha value is -1.30. The van der Waals surface area contributed by atoms with Crippen LogP contribution in [0.1, 0.15) is 16.7 Å². The van der Waals surface area contributed by atoms with Gasteiger partial charge in [0, 0.05) is 0 Å². The van der Waals surface area contributed by atoms with Crippen molar-refractivity contribution < 1.29 is 0 Å². The van der Waals surface area contributed by atoms with E-state index in [0.29, 0.717) is 0 Å². The van der Waals surface area contributed by atoms with Crippen molar-refractivity contribution in [2.24, 2.45) is 0 Å². The lowest BCUT2D eigenvalue weighted by atomic mass is 9.99. The van der Waals surface area contributed by atoms with Crippen molar-refractivity contribution in [3.05, 3.63) is 47.0 Å². The smallest absolute Gasteiger partial charge is 0.0125 e. The molecule has 0 atom stereocenters. The highest BCUT2D eigenvalue weighted by Gasteiger charge is 2.00. The van der Waals surface area contributed by atoms with Crippen LogP contribution in [0.25, 0.3) is 10.8 Å². The van der Waals surface area contributed by atoms with Gasteiger partial charge < -0.3 is 0 Å². The van der Waals surface area contributed by atoms with E-state index in [0.717, 1.165) is 0 Å². The average molecular weight is 170 g/mol. The maximum Gasteiger partial charge on any atom is -0.0125 e. The molecule has 0 aliphatic heterocycles. The topological polar surface area (TPSA) is 0 Å². The molecule has 0 bridgehead atoms. The van der Waals surface area contributed by atoms with Crippen LogP contribution < -0.4 is 0 Å². The Bertz CT molecular complexity index is 453. The van der Waals surface area contributed by atoms with E-state index in [4.69, 9.17) is 0 Å². The van der Waals surface area contributed by atoms with Crippen LogP contribution in [0.15, 0.2) is 30.3 Å². The molecule has 13 heavy (non-hydrogen) atoms. The molecular weight excluding hydrogens is 156 g/mol. The van der Waals surface area contributed by atoms with Crippen molar-refractivity contribution in [2.45, 2.75) is 20.8 Å². The molecule has 0 saturated carbocycles. The summed E-state index contributed by atoms with van der Waals surface area (Å²) in [4.78, 5) is 0. The maximum absolute atomic E-state index is 2.25. The Morgan fingerprint density at radius 3 is 2.38 bits per heavy atom. The minimum absolute atomic E-state index is 1.34. The van der Waals surface area contributed by atoms with Gasteiger partial charge in [0.05, 0.1) is 0 Å². The van der Waals surface area contributed by atoms with Crippen LogP contribution in [0.5, 0.6) is 0 Å². The summed E-state index contributed by atoms with van der Waals surface area (Å²) in [5, 5.41) is 2.77. The third kappa shape index (κ3) is 1.33. The predicted octanol–water partition coefficient (Wildman–Crippen LogP) is 3.77. The molecule has 0 spiro atoms. The molecule has 0 radical (unpaired) electrons. The van der Waals surface area contributed by atoms with E-state index in [9.17, 15) is 0 Å². The van der Waals surface area contributed by atoms with Crippen LogP contribution in [0.3, 0.4) is 0 Å². The lowest BCUT2D eigenvalue weighted by molar-refractivity contribution is 1.40. The summed E-state index contributed by atoms with van der Waals surface area (Å²) in [5.74, 6) is 0. The Balaban J connectivity index is 2.94. The molecule has 2 rings (SSSR count). The molecule has 0 nitrogen and oxygen atoms in total. The molecule has 0 aromatic heterocycles. The first-order valence-corrected chi connectivity index (χ1v) is 4.65. The third-order valence-corrected chi connectivity index (χ3v) is 2.53. The second-order valence-electron chi connectivity index (χ2n) is 3.75. The zero-order valence-corrected chi connectivity index (χ0v) is 8.39. The fourth-order valence-electron chi connectivity index (χ4n) is 2.05. The van der Waals surface area contributed by atoms with Crippen molar-refractivity contribution in [3.63, 3.8) is 0 Å². The van der Waals surface area contributed by atoms with Gasteiger partial charge in [0.1, 0.15) is 0 Å². The lowest BCUT2D eigenvalue weighted by Crippen LogP contribution is -1.84. The van der Waals surface area contributed by atoms with Gasteiger partial charge in [-0.05, 0) is 42.7 Å². The monoisotopic (exact) mass is 170 g/mol. The van der Waals surface area contributed by atoms with E-state index in [1.807, 2.05) is 0 Å². The Kier molecular flexibility index (Phi) is 1.84. The summed E-state index contributed by atoms with van der Waals surface area (Å²) in [6, 6.07) is 11.0.